The van der Waals surface area contributed by atoms with E-state index in [2.05, 4.69) is 24.1 Å². The molecular formula is C24H33N3O5S2. The van der Waals surface area contributed by atoms with Crippen LogP contribution in [-0.4, -0.2) is 61.8 Å². The Labute approximate surface area is 205 Å². The van der Waals surface area contributed by atoms with Gasteiger partial charge in [-0.1, -0.05) is 13.8 Å². The number of ether oxygens (including phenoxy) is 1. The van der Waals surface area contributed by atoms with E-state index in [1.54, 1.807) is 20.8 Å². The van der Waals surface area contributed by atoms with Crippen molar-refractivity contribution in [1.29, 1.82) is 0 Å². The fourth-order valence-corrected chi connectivity index (χ4v) is 6.75. The van der Waals surface area contributed by atoms with Gasteiger partial charge in [-0.2, -0.15) is 4.31 Å². The summed E-state index contributed by atoms with van der Waals surface area (Å²) in [5.41, 5.74) is 1.68. The lowest BCUT2D eigenvalue weighted by atomic mass is 10.0. The van der Waals surface area contributed by atoms with Crippen molar-refractivity contribution in [3.63, 3.8) is 0 Å². The minimum Gasteiger partial charge on any atom is -0.462 e. The maximum absolute atomic E-state index is 13.0. The molecule has 1 aromatic heterocycles. The van der Waals surface area contributed by atoms with Crippen LogP contribution in [0, 0.1) is 0 Å². The Bertz CT molecular complexity index is 1140. The maximum atomic E-state index is 13.0. The molecule has 0 unspecified atom stereocenters. The molecule has 1 aliphatic heterocycles. The van der Waals surface area contributed by atoms with Gasteiger partial charge in [0.2, 0.25) is 10.0 Å². The lowest BCUT2D eigenvalue weighted by Gasteiger charge is -2.30. The topological polar surface area (TPSA) is 96.0 Å². The summed E-state index contributed by atoms with van der Waals surface area (Å²) in [7, 11) is -3.60. The number of nitrogens with zero attached hydrogens (tertiary/aromatic N) is 2. The van der Waals surface area contributed by atoms with Gasteiger partial charge in [-0.15, -0.1) is 11.3 Å². The van der Waals surface area contributed by atoms with Gasteiger partial charge in [0, 0.05) is 42.7 Å². The fraction of sp³-hybridized carbons (Fsp3) is 0.500. The highest BCUT2D eigenvalue weighted by atomic mass is 32.2. The first kappa shape index (κ1) is 26.3. The molecule has 186 valence electrons. The normalized spacial score (nSPS) is 14.3. The van der Waals surface area contributed by atoms with E-state index in [1.807, 2.05) is 0 Å². The zero-order valence-electron chi connectivity index (χ0n) is 20.4. The van der Waals surface area contributed by atoms with Gasteiger partial charge in [-0.25, -0.2) is 13.2 Å². The molecule has 0 saturated heterocycles. The predicted octanol–water partition coefficient (Wildman–Crippen LogP) is 3.97. The number of hydrogen-bond acceptors (Lipinski definition) is 7. The predicted molar refractivity (Wildman–Crippen MR) is 134 cm³/mol. The van der Waals surface area contributed by atoms with E-state index < -0.39 is 21.9 Å². The summed E-state index contributed by atoms with van der Waals surface area (Å²) in [5.74, 6) is -0.842. The van der Waals surface area contributed by atoms with Gasteiger partial charge in [-0.05, 0) is 57.0 Å². The summed E-state index contributed by atoms with van der Waals surface area (Å²) in [4.78, 5) is 29.3. The van der Waals surface area contributed by atoms with E-state index in [4.69, 9.17) is 4.74 Å². The third kappa shape index (κ3) is 5.35. The van der Waals surface area contributed by atoms with E-state index in [0.29, 0.717) is 41.7 Å². The Morgan fingerprint density at radius 2 is 1.79 bits per heavy atom. The summed E-state index contributed by atoms with van der Waals surface area (Å²) >= 11 is 1.40. The summed E-state index contributed by atoms with van der Waals surface area (Å²) in [5, 5.41) is 3.34. The van der Waals surface area contributed by atoms with Crippen molar-refractivity contribution in [2.45, 2.75) is 58.5 Å². The number of anilines is 1. The molecule has 3 rings (SSSR count). The Morgan fingerprint density at radius 1 is 1.15 bits per heavy atom. The van der Waals surface area contributed by atoms with Crippen molar-refractivity contribution in [3.8, 4) is 0 Å². The van der Waals surface area contributed by atoms with Crippen LogP contribution in [0.5, 0.6) is 0 Å². The Kier molecular flexibility index (Phi) is 8.51. The van der Waals surface area contributed by atoms with Crippen LogP contribution in [0.15, 0.2) is 29.2 Å². The number of benzene rings is 1. The largest absolute Gasteiger partial charge is 0.462 e. The van der Waals surface area contributed by atoms with Crippen molar-refractivity contribution < 1.29 is 22.7 Å². The van der Waals surface area contributed by atoms with Crippen molar-refractivity contribution in [2.24, 2.45) is 0 Å². The average molecular weight is 508 g/mol. The minimum absolute atomic E-state index is 0.139. The number of carbonyl (C=O) groups is 2. The molecule has 0 bridgehead atoms. The standard InChI is InChI=1S/C24H33N3O5S2/c1-6-27(7-2)34(30,31)18-11-9-17(10-12-18)22(28)25-23-21(24(29)32-8-3)19-13-14-26(16(4)5)15-20(19)33-23/h9-12,16H,6-8,13-15H2,1-5H3,(H,25,28). The lowest BCUT2D eigenvalue weighted by molar-refractivity contribution is 0.0526. The number of nitrogens with one attached hydrogen (secondary N) is 1. The van der Waals surface area contributed by atoms with Crippen molar-refractivity contribution in [3.05, 3.63) is 45.8 Å². The maximum Gasteiger partial charge on any atom is 0.341 e. The van der Waals surface area contributed by atoms with Crippen molar-refractivity contribution in [2.75, 3.05) is 31.6 Å². The third-order valence-electron chi connectivity index (χ3n) is 5.98. The number of esters is 1. The zero-order valence-corrected chi connectivity index (χ0v) is 22.0. The molecule has 0 atom stereocenters. The number of thiophene rings is 1. The Hall–Kier alpha value is -2.27. The van der Waals surface area contributed by atoms with Crippen LogP contribution in [-0.2, 0) is 27.7 Å². The molecule has 8 nitrogen and oxygen atoms in total. The number of sulfonamides is 1. The minimum atomic E-state index is -3.60. The van der Waals surface area contributed by atoms with Gasteiger partial charge in [0.25, 0.3) is 5.91 Å². The quantitative estimate of drug-likeness (QED) is 0.516. The molecule has 1 aliphatic rings. The molecule has 1 N–H and O–H groups in total. The molecule has 10 heteroatoms. The SMILES string of the molecule is CCOC(=O)c1c(NC(=O)c2ccc(S(=O)(=O)N(CC)CC)cc2)sc2c1CCN(C(C)C)C2. The Morgan fingerprint density at radius 3 is 2.35 bits per heavy atom. The van der Waals surface area contributed by atoms with Crippen molar-refractivity contribution in [1.82, 2.24) is 9.21 Å². The fourth-order valence-electron chi connectivity index (χ4n) is 4.04. The monoisotopic (exact) mass is 507 g/mol. The molecule has 0 saturated carbocycles. The first-order valence-corrected chi connectivity index (χ1v) is 13.9. The number of carbonyl (C=O) groups excluding carboxylic acids is 2. The molecule has 1 amide bonds. The molecule has 0 fully saturated rings. The second-order valence-corrected chi connectivity index (χ2v) is 11.4. The van der Waals surface area contributed by atoms with E-state index in [-0.39, 0.29) is 11.5 Å². The van der Waals surface area contributed by atoms with E-state index >= 15 is 0 Å². The second-order valence-electron chi connectivity index (χ2n) is 8.31. The molecule has 0 spiro atoms. The average Bonchev–Trinajstić information content (AvgIpc) is 3.16. The van der Waals surface area contributed by atoms with Gasteiger partial charge in [0.1, 0.15) is 5.00 Å². The molecule has 2 aromatic rings. The number of amides is 1. The smallest absolute Gasteiger partial charge is 0.341 e. The van der Waals surface area contributed by atoms with Gasteiger partial charge < -0.3 is 10.1 Å². The van der Waals surface area contributed by atoms with Crippen LogP contribution < -0.4 is 5.32 Å². The Balaban J connectivity index is 1.88. The molecule has 2 heterocycles. The van der Waals surface area contributed by atoms with Gasteiger partial charge >= 0.3 is 5.97 Å². The zero-order chi connectivity index (χ0) is 25.0. The van der Waals surface area contributed by atoms with Crippen LogP contribution in [0.4, 0.5) is 5.00 Å². The van der Waals surface area contributed by atoms with Crippen LogP contribution in [0.3, 0.4) is 0 Å². The summed E-state index contributed by atoms with van der Waals surface area (Å²) < 4.78 is 32.1. The number of fused-ring (bicyclic) bond motifs is 1. The summed E-state index contributed by atoms with van der Waals surface area (Å²) in [6.07, 6.45) is 0.714. The first-order chi connectivity index (χ1) is 16.1. The van der Waals surface area contributed by atoms with Crippen molar-refractivity contribution >= 4 is 38.2 Å². The van der Waals surface area contributed by atoms with Gasteiger partial charge in [0.05, 0.1) is 17.1 Å². The first-order valence-electron chi connectivity index (χ1n) is 11.6. The van der Waals surface area contributed by atoms with E-state index in [1.165, 1.54) is 39.9 Å². The summed E-state index contributed by atoms with van der Waals surface area (Å²) in [6, 6.07) is 6.24. The molecule has 34 heavy (non-hydrogen) atoms. The van der Waals surface area contributed by atoms with Crippen LogP contribution in [0.2, 0.25) is 0 Å². The van der Waals surface area contributed by atoms with Crippen LogP contribution in [0.25, 0.3) is 0 Å². The van der Waals surface area contributed by atoms with E-state index in [0.717, 1.165) is 23.5 Å². The summed E-state index contributed by atoms with van der Waals surface area (Å²) in [6.45, 7) is 12.1. The van der Waals surface area contributed by atoms with E-state index in [9.17, 15) is 18.0 Å². The van der Waals surface area contributed by atoms with Gasteiger partial charge in [-0.3, -0.25) is 9.69 Å². The highest BCUT2D eigenvalue weighted by Gasteiger charge is 2.30. The molecule has 0 aliphatic carbocycles. The number of rotatable bonds is 9. The van der Waals surface area contributed by atoms with Crippen LogP contribution >= 0.6 is 11.3 Å². The highest BCUT2D eigenvalue weighted by molar-refractivity contribution is 7.89. The lowest BCUT2D eigenvalue weighted by Crippen LogP contribution is -2.35. The van der Waals surface area contributed by atoms with Gasteiger partial charge in [0.15, 0.2) is 0 Å². The molecular weight excluding hydrogens is 474 g/mol. The highest BCUT2D eigenvalue weighted by Crippen LogP contribution is 2.38. The number of hydrogen-bond donors (Lipinski definition) is 1. The van der Waals surface area contributed by atoms with Crippen LogP contribution in [0.1, 0.15) is 65.8 Å². The molecule has 1 aromatic carbocycles. The molecule has 0 radical (unpaired) electrons. The third-order valence-corrected chi connectivity index (χ3v) is 9.18. The second kappa shape index (κ2) is 11.0.